The zero-order chi connectivity index (χ0) is 51.4. The van der Waals surface area contributed by atoms with E-state index in [0.29, 0.717) is 19.4 Å². The Morgan fingerprint density at radius 3 is 1.01 bits per heavy atom. The lowest BCUT2D eigenvalue weighted by Crippen LogP contribution is -2.45. The molecule has 0 bridgehead atoms. The first-order valence-electron chi connectivity index (χ1n) is 31.8. The van der Waals surface area contributed by atoms with Gasteiger partial charge in [-0.05, 0) is 83.5 Å². The standard InChI is InChI=1S/C65H123NO5/c1-3-5-7-9-11-13-15-17-18-27-30-34-37-41-45-49-53-57-63(68)62(61-67)66-64(69)58-54-50-46-42-38-35-31-28-25-23-21-19-20-22-24-26-29-32-36-40-44-48-52-56-60-71-65(70)59-55-51-47-43-39-33-16-14-12-10-8-6-4-2/h14,16,21,23,53,57,62-63,67-68H,3-13,15,17-20,22,24-52,54-56,58-61H2,1-2H3,(H,66,69)/b16-14-,23-21-,57-53+. The predicted molar refractivity (Wildman–Crippen MR) is 310 cm³/mol. The molecular weight excluding hydrogens is 875 g/mol. The highest BCUT2D eigenvalue weighted by Crippen LogP contribution is 2.17. The van der Waals surface area contributed by atoms with Gasteiger partial charge in [0, 0.05) is 12.8 Å². The minimum absolute atomic E-state index is 0.00280. The van der Waals surface area contributed by atoms with E-state index in [1.54, 1.807) is 6.08 Å². The van der Waals surface area contributed by atoms with Crippen LogP contribution in [0.25, 0.3) is 0 Å². The third kappa shape index (κ3) is 57.2. The first-order chi connectivity index (χ1) is 35.0. The normalized spacial score (nSPS) is 12.8. The molecule has 0 saturated heterocycles. The van der Waals surface area contributed by atoms with Crippen LogP contribution < -0.4 is 5.32 Å². The highest BCUT2D eigenvalue weighted by atomic mass is 16.5. The van der Waals surface area contributed by atoms with E-state index in [4.69, 9.17) is 4.74 Å². The number of esters is 1. The van der Waals surface area contributed by atoms with Crippen LogP contribution in [0.5, 0.6) is 0 Å². The Morgan fingerprint density at radius 2 is 0.662 bits per heavy atom. The van der Waals surface area contributed by atoms with Gasteiger partial charge in [0.05, 0.1) is 25.4 Å². The summed E-state index contributed by atoms with van der Waals surface area (Å²) in [5.41, 5.74) is 0. The van der Waals surface area contributed by atoms with Crippen LogP contribution in [-0.4, -0.2) is 47.4 Å². The Morgan fingerprint density at radius 1 is 0.380 bits per heavy atom. The molecule has 418 valence electrons. The molecule has 2 unspecified atom stereocenters. The van der Waals surface area contributed by atoms with Gasteiger partial charge in [-0.1, -0.05) is 281 Å². The van der Waals surface area contributed by atoms with Crippen LogP contribution in [0.1, 0.15) is 341 Å². The molecule has 6 heteroatoms. The van der Waals surface area contributed by atoms with E-state index < -0.39 is 12.1 Å². The Hall–Kier alpha value is -1.92. The minimum atomic E-state index is -0.848. The van der Waals surface area contributed by atoms with E-state index in [1.807, 2.05) is 6.08 Å². The first-order valence-corrected chi connectivity index (χ1v) is 31.8. The average molecular weight is 999 g/mol. The van der Waals surface area contributed by atoms with E-state index >= 15 is 0 Å². The van der Waals surface area contributed by atoms with E-state index in [1.165, 1.54) is 270 Å². The zero-order valence-electron chi connectivity index (χ0n) is 47.7. The van der Waals surface area contributed by atoms with Crippen LogP contribution in [-0.2, 0) is 14.3 Å². The van der Waals surface area contributed by atoms with Crippen molar-refractivity contribution in [1.82, 2.24) is 5.32 Å². The molecule has 6 nitrogen and oxygen atoms in total. The lowest BCUT2D eigenvalue weighted by atomic mass is 10.0. The second-order valence-corrected chi connectivity index (χ2v) is 21.7. The molecule has 0 aromatic heterocycles. The summed E-state index contributed by atoms with van der Waals surface area (Å²) < 4.78 is 5.47. The monoisotopic (exact) mass is 998 g/mol. The minimum Gasteiger partial charge on any atom is -0.466 e. The van der Waals surface area contributed by atoms with Gasteiger partial charge < -0.3 is 20.3 Å². The molecule has 0 aromatic rings. The van der Waals surface area contributed by atoms with Gasteiger partial charge in [0.25, 0.3) is 0 Å². The van der Waals surface area contributed by atoms with E-state index in [0.717, 1.165) is 44.9 Å². The number of carbonyl (C=O) groups is 2. The van der Waals surface area contributed by atoms with Crippen molar-refractivity contribution < 1.29 is 24.5 Å². The number of ether oxygens (including phenoxy) is 1. The van der Waals surface area contributed by atoms with Crippen molar-refractivity contribution in [2.24, 2.45) is 0 Å². The Labute approximate surface area is 443 Å². The second-order valence-electron chi connectivity index (χ2n) is 21.7. The number of amides is 1. The summed E-state index contributed by atoms with van der Waals surface area (Å²) in [4.78, 5) is 24.5. The molecule has 0 rings (SSSR count). The summed E-state index contributed by atoms with van der Waals surface area (Å²) in [6.07, 6.45) is 76.2. The van der Waals surface area contributed by atoms with Gasteiger partial charge in [-0.2, -0.15) is 0 Å². The number of nitrogens with one attached hydrogen (secondary N) is 1. The number of hydrogen-bond acceptors (Lipinski definition) is 5. The van der Waals surface area contributed by atoms with Crippen LogP contribution in [0.3, 0.4) is 0 Å². The van der Waals surface area contributed by atoms with Gasteiger partial charge in [-0.3, -0.25) is 9.59 Å². The average Bonchev–Trinajstić information content (AvgIpc) is 3.37. The predicted octanol–water partition coefficient (Wildman–Crippen LogP) is 20.0. The maximum absolute atomic E-state index is 12.5. The number of rotatable bonds is 59. The lowest BCUT2D eigenvalue weighted by molar-refractivity contribution is -0.143. The Kier molecular flexibility index (Phi) is 59.0. The summed E-state index contributed by atoms with van der Waals surface area (Å²) in [6.45, 7) is 4.90. The number of aliphatic hydroxyl groups is 2. The molecule has 0 heterocycles. The molecule has 0 fully saturated rings. The summed E-state index contributed by atoms with van der Waals surface area (Å²) in [6, 6.07) is -0.632. The molecule has 0 saturated carbocycles. The molecule has 3 N–H and O–H groups in total. The number of aliphatic hydroxyl groups excluding tert-OH is 2. The zero-order valence-corrected chi connectivity index (χ0v) is 47.7. The summed E-state index contributed by atoms with van der Waals surface area (Å²) in [5.74, 6) is -0.0680. The third-order valence-electron chi connectivity index (χ3n) is 14.6. The van der Waals surface area contributed by atoms with Crippen molar-refractivity contribution in [3.63, 3.8) is 0 Å². The smallest absolute Gasteiger partial charge is 0.305 e. The fourth-order valence-corrected chi connectivity index (χ4v) is 9.74. The Bertz CT molecular complexity index is 1150. The second kappa shape index (κ2) is 60.6. The molecule has 0 aliphatic carbocycles. The highest BCUT2D eigenvalue weighted by molar-refractivity contribution is 5.76. The van der Waals surface area contributed by atoms with Gasteiger partial charge in [-0.15, -0.1) is 0 Å². The highest BCUT2D eigenvalue weighted by Gasteiger charge is 2.18. The fraction of sp³-hybridized carbons (Fsp3) is 0.877. The molecule has 0 aliphatic rings. The topological polar surface area (TPSA) is 95.9 Å². The lowest BCUT2D eigenvalue weighted by Gasteiger charge is -2.20. The van der Waals surface area contributed by atoms with Crippen molar-refractivity contribution in [1.29, 1.82) is 0 Å². The number of hydrogen-bond donors (Lipinski definition) is 3. The first kappa shape index (κ1) is 69.1. The Balaban J connectivity index is 3.43. The molecule has 0 radical (unpaired) electrons. The van der Waals surface area contributed by atoms with Crippen LogP contribution >= 0.6 is 0 Å². The van der Waals surface area contributed by atoms with Gasteiger partial charge in [-0.25, -0.2) is 0 Å². The van der Waals surface area contributed by atoms with Crippen molar-refractivity contribution in [3.8, 4) is 0 Å². The van der Waals surface area contributed by atoms with Crippen molar-refractivity contribution >= 4 is 11.9 Å². The molecule has 71 heavy (non-hydrogen) atoms. The maximum atomic E-state index is 12.5. The molecule has 2 atom stereocenters. The maximum Gasteiger partial charge on any atom is 0.305 e. The van der Waals surface area contributed by atoms with Crippen LogP contribution in [0, 0.1) is 0 Å². The van der Waals surface area contributed by atoms with Gasteiger partial charge in [0.2, 0.25) is 5.91 Å². The number of unbranched alkanes of at least 4 members (excludes halogenated alkanes) is 44. The van der Waals surface area contributed by atoms with Crippen molar-refractivity contribution in [3.05, 3.63) is 36.5 Å². The quantitative estimate of drug-likeness (QED) is 0.0321. The SMILES string of the molecule is CCCCCC/C=C\CCCCCCCC(=O)OCCCCCCCCCCCCCC/C=C\CCCCCCCCCCC(=O)NC(CO)C(O)/C=C/CCCCCCCCCCCCCCCCC. The van der Waals surface area contributed by atoms with Gasteiger partial charge >= 0.3 is 5.97 Å². The third-order valence-corrected chi connectivity index (χ3v) is 14.6. The van der Waals surface area contributed by atoms with Crippen LogP contribution in [0.15, 0.2) is 36.5 Å². The molecule has 1 amide bonds. The van der Waals surface area contributed by atoms with E-state index in [2.05, 4.69) is 43.5 Å². The van der Waals surface area contributed by atoms with Crippen LogP contribution in [0.4, 0.5) is 0 Å². The summed E-state index contributed by atoms with van der Waals surface area (Å²) in [7, 11) is 0. The van der Waals surface area contributed by atoms with E-state index in [9.17, 15) is 19.8 Å². The van der Waals surface area contributed by atoms with Crippen molar-refractivity contribution in [2.75, 3.05) is 13.2 Å². The van der Waals surface area contributed by atoms with E-state index in [-0.39, 0.29) is 18.5 Å². The fourth-order valence-electron chi connectivity index (χ4n) is 9.74. The van der Waals surface area contributed by atoms with Gasteiger partial charge in [0.15, 0.2) is 0 Å². The molecule has 0 aliphatic heterocycles. The molecule has 0 spiro atoms. The summed E-state index contributed by atoms with van der Waals surface area (Å²) >= 11 is 0. The number of allylic oxidation sites excluding steroid dienone is 5. The number of carbonyl (C=O) groups excluding carboxylic acids is 2. The van der Waals surface area contributed by atoms with Gasteiger partial charge in [0.1, 0.15) is 0 Å². The largest absolute Gasteiger partial charge is 0.466 e. The van der Waals surface area contributed by atoms with Crippen LogP contribution in [0.2, 0.25) is 0 Å². The summed E-state index contributed by atoms with van der Waals surface area (Å²) in [5, 5.41) is 23.2. The molecule has 0 aromatic carbocycles. The molecular formula is C65H123NO5. The van der Waals surface area contributed by atoms with Crippen molar-refractivity contribution in [2.45, 2.75) is 353 Å².